The molecule has 0 fully saturated rings. The smallest absolute Gasteiger partial charge is 0.0905 e. The maximum Gasteiger partial charge on any atom is 0.0905 e. The molecule has 2 nitrogen and oxygen atoms in total. The molecule has 0 amide bonds. The number of nitrogens with two attached hydrogens (primary N) is 1. The lowest BCUT2D eigenvalue weighted by molar-refractivity contribution is 0.660. The first kappa shape index (κ1) is 9.55. The van der Waals surface area contributed by atoms with Crippen molar-refractivity contribution >= 4 is 16.3 Å². The monoisotopic (exact) mass is 184 g/mol. The highest BCUT2D eigenvalue weighted by Crippen LogP contribution is 2.19. The second kappa shape index (κ2) is 4.48. The van der Waals surface area contributed by atoms with Crippen LogP contribution in [0.25, 0.3) is 0 Å². The molecule has 1 rings (SSSR count). The van der Waals surface area contributed by atoms with Crippen LogP contribution in [0.3, 0.4) is 0 Å². The summed E-state index contributed by atoms with van der Waals surface area (Å²) < 4.78 is 0. The highest BCUT2D eigenvalue weighted by atomic mass is 32.1. The fourth-order valence-electron chi connectivity index (χ4n) is 0.995. The van der Waals surface area contributed by atoms with Crippen LogP contribution in [0.15, 0.2) is 17.5 Å². The van der Waals surface area contributed by atoms with Gasteiger partial charge in [0.2, 0.25) is 0 Å². The van der Waals surface area contributed by atoms with Crippen LogP contribution in [0.4, 0.5) is 5.00 Å². The molecular formula is C9H16N2S. The van der Waals surface area contributed by atoms with Crippen LogP contribution in [0.1, 0.15) is 13.3 Å². The molecule has 0 spiro atoms. The Labute approximate surface area is 78.0 Å². The van der Waals surface area contributed by atoms with Crippen molar-refractivity contribution in [2.75, 3.05) is 18.5 Å². The van der Waals surface area contributed by atoms with Crippen molar-refractivity contribution in [1.29, 1.82) is 0 Å². The van der Waals surface area contributed by atoms with Crippen molar-refractivity contribution in [3.8, 4) is 0 Å². The molecule has 0 saturated heterocycles. The van der Waals surface area contributed by atoms with Crippen molar-refractivity contribution in [2.45, 2.75) is 19.4 Å². The van der Waals surface area contributed by atoms with Crippen molar-refractivity contribution < 1.29 is 0 Å². The Balaban J connectivity index is 2.34. The van der Waals surface area contributed by atoms with Crippen LogP contribution in [0.5, 0.6) is 0 Å². The average molecular weight is 184 g/mol. The highest BCUT2D eigenvalue weighted by Gasteiger charge is 2.01. The normalized spacial score (nSPS) is 12.9. The van der Waals surface area contributed by atoms with Gasteiger partial charge >= 0.3 is 0 Å². The fraction of sp³-hybridized carbons (Fsp3) is 0.556. The summed E-state index contributed by atoms with van der Waals surface area (Å²) in [7, 11) is 2.11. The Morgan fingerprint density at radius 2 is 2.42 bits per heavy atom. The minimum Gasteiger partial charge on any atom is -0.366 e. The topological polar surface area (TPSA) is 29.3 Å². The molecule has 3 heteroatoms. The molecule has 0 aliphatic rings. The van der Waals surface area contributed by atoms with Gasteiger partial charge in [-0.05, 0) is 30.9 Å². The van der Waals surface area contributed by atoms with Gasteiger partial charge in [0.1, 0.15) is 0 Å². The van der Waals surface area contributed by atoms with Crippen molar-refractivity contribution in [2.24, 2.45) is 5.73 Å². The third-order valence-corrected chi connectivity index (χ3v) is 2.78. The zero-order chi connectivity index (χ0) is 8.97. The van der Waals surface area contributed by atoms with Crippen LogP contribution < -0.4 is 10.6 Å². The van der Waals surface area contributed by atoms with E-state index in [4.69, 9.17) is 5.73 Å². The summed E-state index contributed by atoms with van der Waals surface area (Å²) in [5.74, 6) is 0. The van der Waals surface area contributed by atoms with Crippen LogP contribution in [0, 0.1) is 0 Å². The molecule has 12 heavy (non-hydrogen) atoms. The van der Waals surface area contributed by atoms with Gasteiger partial charge < -0.3 is 10.6 Å². The Morgan fingerprint density at radius 1 is 1.67 bits per heavy atom. The van der Waals surface area contributed by atoms with E-state index >= 15 is 0 Å². The summed E-state index contributed by atoms with van der Waals surface area (Å²) in [6.45, 7) is 3.08. The van der Waals surface area contributed by atoms with Crippen LogP contribution >= 0.6 is 11.3 Å². The summed E-state index contributed by atoms with van der Waals surface area (Å²) in [6.07, 6.45) is 1.05. The molecule has 0 aliphatic carbocycles. The minimum atomic E-state index is 0.299. The van der Waals surface area contributed by atoms with Gasteiger partial charge in [0.05, 0.1) is 5.00 Å². The van der Waals surface area contributed by atoms with Crippen molar-refractivity contribution in [1.82, 2.24) is 0 Å². The average Bonchev–Trinajstić information content (AvgIpc) is 2.51. The van der Waals surface area contributed by atoms with E-state index in [2.05, 4.69) is 29.5 Å². The molecule has 1 aromatic heterocycles. The molecule has 1 heterocycles. The molecule has 0 radical (unpaired) electrons. The minimum absolute atomic E-state index is 0.299. The molecule has 1 unspecified atom stereocenters. The summed E-state index contributed by atoms with van der Waals surface area (Å²) in [4.78, 5) is 2.24. The van der Waals surface area contributed by atoms with E-state index in [1.807, 2.05) is 6.92 Å². The number of rotatable bonds is 4. The third-order valence-electron chi connectivity index (χ3n) is 1.80. The second-order valence-electron chi connectivity index (χ2n) is 3.14. The first-order chi connectivity index (χ1) is 5.70. The van der Waals surface area contributed by atoms with Crippen LogP contribution in [-0.4, -0.2) is 19.6 Å². The Morgan fingerprint density at radius 3 is 2.92 bits per heavy atom. The zero-order valence-electron chi connectivity index (χ0n) is 7.66. The molecule has 2 N–H and O–H groups in total. The third kappa shape index (κ3) is 2.83. The quantitative estimate of drug-likeness (QED) is 0.774. The van der Waals surface area contributed by atoms with Gasteiger partial charge in [0.25, 0.3) is 0 Å². The molecule has 0 aromatic carbocycles. The Kier molecular flexibility index (Phi) is 3.56. The van der Waals surface area contributed by atoms with Crippen LogP contribution in [0.2, 0.25) is 0 Å². The maximum absolute atomic E-state index is 5.67. The number of thiophene rings is 1. The largest absolute Gasteiger partial charge is 0.366 e. The van der Waals surface area contributed by atoms with Crippen molar-refractivity contribution in [3.63, 3.8) is 0 Å². The van der Waals surface area contributed by atoms with E-state index in [-0.39, 0.29) is 0 Å². The summed E-state index contributed by atoms with van der Waals surface area (Å²) in [5, 5.41) is 3.41. The molecule has 1 aromatic rings. The van der Waals surface area contributed by atoms with E-state index in [1.54, 1.807) is 11.3 Å². The van der Waals surface area contributed by atoms with E-state index in [9.17, 15) is 0 Å². The van der Waals surface area contributed by atoms with E-state index in [0.717, 1.165) is 13.0 Å². The van der Waals surface area contributed by atoms with E-state index < -0.39 is 0 Å². The predicted octanol–water partition coefficient (Wildman–Crippen LogP) is 1.92. The van der Waals surface area contributed by atoms with E-state index in [1.165, 1.54) is 5.00 Å². The first-order valence-electron chi connectivity index (χ1n) is 4.20. The van der Waals surface area contributed by atoms with Gasteiger partial charge in [-0.25, -0.2) is 0 Å². The number of anilines is 1. The molecule has 1 atom stereocenters. The molecular weight excluding hydrogens is 168 g/mol. The fourth-order valence-corrected chi connectivity index (χ4v) is 1.72. The molecule has 0 aliphatic heterocycles. The Bertz CT molecular complexity index is 206. The van der Waals surface area contributed by atoms with Gasteiger partial charge in [-0.1, -0.05) is 0 Å². The lowest BCUT2D eigenvalue weighted by atomic mass is 10.2. The van der Waals surface area contributed by atoms with Gasteiger partial charge in [0, 0.05) is 19.6 Å². The highest BCUT2D eigenvalue weighted by molar-refractivity contribution is 7.14. The van der Waals surface area contributed by atoms with Gasteiger partial charge in [0.15, 0.2) is 0 Å². The zero-order valence-corrected chi connectivity index (χ0v) is 8.47. The lowest BCUT2D eigenvalue weighted by Gasteiger charge is -2.17. The number of hydrogen-bond donors (Lipinski definition) is 1. The Hall–Kier alpha value is -0.540. The van der Waals surface area contributed by atoms with Crippen LogP contribution in [-0.2, 0) is 0 Å². The van der Waals surface area contributed by atoms with Gasteiger partial charge in [-0.15, -0.1) is 11.3 Å². The summed E-state index contributed by atoms with van der Waals surface area (Å²) in [5.41, 5.74) is 5.67. The number of hydrogen-bond acceptors (Lipinski definition) is 3. The summed E-state index contributed by atoms with van der Waals surface area (Å²) in [6, 6.07) is 4.50. The van der Waals surface area contributed by atoms with Gasteiger partial charge in [-0.2, -0.15) is 0 Å². The maximum atomic E-state index is 5.67. The first-order valence-corrected chi connectivity index (χ1v) is 5.08. The SMILES string of the molecule is CC(N)CCN(C)c1cccs1. The summed E-state index contributed by atoms with van der Waals surface area (Å²) >= 11 is 1.77. The van der Waals surface area contributed by atoms with Crippen molar-refractivity contribution in [3.05, 3.63) is 17.5 Å². The van der Waals surface area contributed by atoms with Gasteiger partial charge in [-0.3, -0.25) is 0 Å². The molecule has 68 valence electrons. The predicted molar refractivity (Wildman–Crippen MR) is 55.9 cm³/mol. The number of nitrogens with zero attached hydrogens (tertiary/aromatic N) is 1. The second-order valence-corrected chi connectivity index (χ2v) is 4.06. The standard InChI is InChI=1S/C9H16N2S/c1-8(10)5-6-11(2)9-4-3-7-12-9/h3-4,7-8H,5-6,10H2,1-2H3. The lowest BCUT2D eigenvalue weighted by Crippen LogP contribution is -2.25. The molecule has 0 saturated carbocycles. The molecule has 0 bridgehead atoms. The van der Waals surface area contributed by atoms with E-state index in [0.29, 0.717) is 6.04 Å².